The highest BCUT2D eigenvalue weighted by Gasteiger charge is 2.31. The first kappa shape index (κ1) is 14.8. The molecule has 0 unspecified atom stereocenters. The van der Waals surface area contributed by atoms with Crippen molar-refractivity contribution in [2.75, 3.05) is 30.3 Å². The molecule has 0 atom stereocenters. The molecule has 1 rings (SSSR count). The number of alkyl halides is 3. The summed E-state index contributed by atoms with van der Waals surface area (Å²) in [5.74, 6) is -0.869. The minimum atomic E-state index is -4.49. The number of hydrogen-bond acceptors (Lipinski definition) is 3. The van der Waals surface area contributed by atoms with E-state index < -0.39 is 25.1 Å². The molecule has 0 aliphatic heterocycles. The Labute approximate surface area is 106 Å². The van der Waals surface area contributed by atoms with Crippen LogP contribution in [0.4, 0.5) is 28.9 Å². The van der Waals surface area contributed by atoms with Gasteiger partial charge in [0.05, 0.1) is 23.0 Å². The Kier molecular flexibility index (Phi) is 4.64. The fourth-order valence-corrected chi connectivity index (χ4v) is 1.62. The van der Waals surface area contributed by atoms with Crippen molar-refractivity contribution in [3.05, 3.63) is 23.0 Å². The molecule has 0 aromatic heterocycles. The van der Waals surface area contributed by atoms with Gasteiger partial charge in [0.1, 0.15) is 12.4 Å². The first-order chi connectivity index (χ1) is 8.24. The highest BCUT2D eigenvalue weighted by atomic mass is 35.5. The Morgan fingerprint density at radius 3 is 2.44 bits per heavy atom. The van der Waals surface area contributed by atoms with Gasteiger partial charge in [-0.1, -0.05) is 11.6 Å². The number of aliphatic hydroxyl groups excluding tert-OH is 1. The molecule has 0 radical (unpaired) electrons. The molecule has 0 aliphatic rings. The molecule has 18 heavy (non-hydrogen) atoms. The summed E-state index contributed by atoms with van der Waals surface area (Å²) in [7, 11) is 0. The summed E-state index contributed by atoms with van der Waals surface area (Å²) in [6.45, 7) is -2.16. The molecule has 1 aromatic rings. The van der Waals surface area contributed by atoms with Crippen LogP contribution in [-0.4, -0.2) is 31.0 Å². The van der Waals surface area contributed by atoms with Gasteiger partial charge in [-0.3, -0.25) is 0 Å². The summed E-state index contributed by atoms with van der Waals surface area (Å²) in [5, 5.41) is 8.47. The van der Waals surface area contributed by atoms with Crippen molar-refractivity contribution >= 4 is 23.0 Å². The maximum absolute atomic E-state index is 13.2. The second-order valence-corrected chi connectivity index (χ2v) is 3.99. The molecule has 1 aromatic carbocycles. The lowest BCUT2D eigenvalue weighted by Crippen LogP contribution is -2.36. The zero-order valence-electron chi connectivity index (χ0n) is 9.14. The number of benzene rings is 1. The summed E-state index contributed by atoms with van der Waals surface area (Å²) in [6.07, 6.45) is -4.49. The van der Waals surface area contributed by atoms with Crippen LogP contribution in [-0.2, 0) is 0 Å². The van der Waals surface area contributed by atoms with E-state index in [1.807, 2.05) is 0 Å². The Bertz CT molecular complexity index is 425. The van der Waals surface area contributed by atoms with E-state index in [1.54, 1.807) is 0 Å². The van der Waals surface area contributed by atoms with Gasteiger partial charge >= 0.3 is 6.18 Å². The van der Waals surface area contributed by atoms with Gasteiger partial charge in [0.25, 0.3) is 0 Å². The minimum Gasteiger partial charge on any atom is -0.397 e. The van der Waals surface area contributed by atoms with Gasteiger partial charge in [0.15, 0.2) is 0 Å². The zero-order chi connectivity index (χ0) is 13.9. The summed E-state index contributed by atoms with van der Waals surface area (Å²) < 4.78 is 50.3. The third kappa shape index (κ3) is 3.92. The van der Waals surface area contributed by atoms with Gasteiger partial charge in [-0.15, -0.1) is 0 Å². The number of nitrogens with zero attached hydrogens (tertiary/aromatic N) is 1. The smallest absolute Gasteiger partial charge is 0.397 e. The lowest BCUT2D eigenvalue weighted by molar-refractivity contribution is -0.119. The van der Waals surface area contributed by atoms with Crippen LogP contribution >= 0.6 is 11.6 Å². The van der Waals surface area contributed by atoms with Crippen molar-refractivity contribution in [2.24, 2.45) is 0 Å². The van der Waals surface area contributed by atoms with E-state index in [9.17, 15) is 17.6 Å². The zero-order valence-corrected chi connectivity index (χ0v) is 9.89. The first-order valence-corrected chi connectivity index (χ1v) is 5.29. The van der Waals surface area contributed by atoms with E-state index in [4.69, 9.17) is 22.4 Å². The predicted octanol–water partition coefficient (Wildman–Crippen LogP) is 2.42. The van der Waals surface area contributed by atoms with E-state index in [0.29, 0.717) is 0 Å². The van der Waals surface area contributed by atoms with Gasteiger partial charge < -0.3 is 15.7 Å². The van der Waals surface area contributed by atoms with Crippen molar-refractivity contribution in [3.8, 4) is 0 Å². The lowest BCUT2D eigenvalue weighted by Gasteiger charge is -2.26. The van der Waals surface area contributed by atoms with Crippen molar-refractivity contribution in [3.63, 3.8) is 0 Å². The van der Waals surface area contributed by atoms with E-state index in [0.717, 1.165) is 17.0 Å². The van der Waals surface area contributed by atoms with Crippen LogP contribution in [0.15, 0.2) is 12.1 Å². The van der Waals surface area contributed by atoms with Crippen molar-refractivity contribution in [1.82, 2.24) is 0 Å². The van der Waals surface area contributed by atoms with Crippen LogP contribution in [0.25, 0.3) is 0 Å². The fraction of sp³-hybridized carbons (Fsp3) is 0.400. The van der Waals surface area contributed by atoms with Crippen molar-refractivity contribution < 1.29 is 22.7 Å². The number of halogens is 5. The maximum Gasteiger partial charge on any atom is 0.405 e. The molecule has 8 heteroatoms. The van der Waals surface area contributed by atoms with E-state index >= 15 is 0 Å². The summed E-state index contributed by atoms with van der Waals surface area (Å²) in [6, 6.07) is 1.85. The minimum absolute atomic E-state index is 0.0842. The normalized spacial score (nSPS) is 11.7. The summed E-state index contributed by atoms with van der Waals surface area (Å²) in [5.41, 5.74) is 5.26. The average Bonchev–Trinajstić information content (AvgIpc) is 2.21. The van der Waals surface area contributed by atoms with Gasteiger partial charge in [0, 0.05) is 12.6 Å². The Balaban J connectivity index is 3.09. The van der Waals surface area contributed by atoms with Crippen LogP contribution in [0.2, 0.25) is 5.02 Å². The Morgan fingerprint density at radius 1 is 1.33 bits per heavy atom. The first-order valence-electron chi connectivity index (χ1n) is 4.91. The monoisotopic (exact) mass is 286 g/mol. The summed E-state index contributed by atoms with van der Waals surface area (Å²) in [4.78, 5) is 0.745. The number of nitrogen functional groups attached to an aromatic ring is 1. The highest BCUT2D eigenvalue weighted by molar-refractivity contribution is 6.31. The topological polar surface area (TPSA) is 49.5 Å². The molecular weight excluding hydrogens is 276 g/mol. The second kappa shape index (κ2) is 5.62. The van der Waals surface area contributed by atoms with Crippen LogP contribution in [0.5, 0.6) is 0 Å². The molecule has 102 valence electrons. The van der Waals surface area contributed by atoms with E-state index in [-0.39, 0.29) is 22.9 Å². The molecule has 0 spiro atoms. The number of aliphatic hydroxyl groups is 1. The Hall–Kier alpha value is -1.21. The van der Waals surface area contributed by atoms with Crippen molar-refractivity contribution in [1.29, 1.82) is 0 Å². The van der Waals surface area contributed by atoms with Gasteiger partial charge in [-0.25, -0.2) is 4.39 Å². The molecule has 0 amide bonds. The largest absolute Gasteiger partial charge is 0.405 e. The van der Waals surface area contributed by atoms with Gasteiger partial charge in [0.2, 0.25) is 0 Å². The summed E-state index contributed by atoms with van der Waals surface area (Å²) >= 11 is 5.46. The molecule has 3 N–H and O–H groups in total. The van der Waals surface area contributed by atoms with Crippen LogP contribution < -0.4 is 10.6 Å². The quantitative estimate of drug-likeness (QED) is 0.660. The second-order valence-electron chi connectivity index (χ2n) is 3.59. The highest BCUT2D eigenvalue weighted by Crippen LogP contribution is 2.31. The third-order valence-corrected chi connectivity index (χ3v) is 2.44. The number of rotatable bonds is 4. The predicted molar refractivity (Wildman–Crippen MR) is 61.2 cm³/mol. The van der Waals surface area contributed by atoms with Crippen LogP contribution in [0.3, 0.4) is 0 Å². The average molecular weight is 287 g/mol. The molecule has 0 saturated carbocycles. The van der Waals surface area contributed by atoms with Crippen LogP contribution in [0.1, 0.15) is 0 Å². The molecular formula is C10H11ClF4N2O. The number of hydrogen-bond donors (Lipinski definition) is 2. The number of nitrogens with two attached hydrogens (primary N) is 1. The molecule has 0 bridgehead atoms. The SMILES string of the molecule is Nc1cc(Cl)c(F)cc1N(CCO)CC(F)(F)F. The molecule has 0 heterocycles. The Morgan fingerprint density at radius 2 is 1.94 bits per heavy atom. The van der Waals surface area contributed by atoms with E-state index in [2.05, 4.69) is 0 Å². The number of anilines is 2. The van der Waals surface area contributed by atoms with Gasteiger partial charge in [-0.2, -0.15) is 13.2 Å². The lowest BCUT2D eigenvalue weighted by atomic mass is 10.2. The molecule has 0 saturated heterocycles. The van der Waals surface area contributed by atoms with Crippen LogP contribution in [0, 0.1) is 5.82 Å². The molecule has 0 aliphatic carbocycles. The standard InChI is InChI=1S/C10H11ClF4N2O/c11-6-3-8(16)9(4-7(6)12)17(1-2-18)5-10(13,14)15/h3-4,18H,1-2,5,16H2. The molecule has 3 nitrogen and oxygen atoms in total. The maximum atomic E-state index is 13.2. The van der Waals surface area contributed by atoms with Gasteiger partial charge in [-0.05, 0) is 6.07 Å². The molecule has 0 fully saturated rings. The fourth-order valence-electron chi connectivity index (χ4n) is 1.45. The van der Waals surface area contributed by atoms with E-state index in [1.165, 1.54) is 0 Å². The third-order valence-electron chi connectivity index (χ3n) is 2.15. The van der Waals surface area contributed by atoms with Crippen molar-refractivity contribution in [2.45, 2.75) is 6.18 Å².